The lowest BCUT2D eigenvalue weighted by molar-refractivity contribution is -0.133. The Morgan fingerprint density at radius 2 is 1.83 bits per heavy atom. The van der Waals surface area contributed by atoms with Gasteiger partial charge in [-0.05, 0) is 32.4 Å². The SMILES string of the molecule is Cc1nn(C)c(C)c1NC(=O)C(C)N1CCN(C(=O)Cc2ccccc2Cl)CC1. The first-order valence-electron chi connectivity index (χ1n) is 9.84. The largest absolute Gasteiger partial charge is 0.340 e. The van der Waals surface area contributed by atoms with Gasteiger partial charge < -0.3 is 10.2 Å². The summed E-state index contributed by atoms with van der Waals surface area (Å²) in [6, 6.07) is 7.14. The van der Waals surface area contributed by atoms with E-state index < -0.39 is 0 Å². The van der Waals surface area contributed by atoms with Crippen molar-refractivity contribution in [3.8, 4) is 0 Å². The molecule has 1 fully saturated rings. The van der Waals surface area contributed by atoms with Crippen LogP contribution in [-0.2, 0) is 23.1 Å². The lowest BCUT2D eigenvalue weighted by Gasteiger charge is -2.37. The van der Waals surface area contributed by atoms with Gasteiger partial charge in [0.15, 0.2) is 0 Å². The number of halogens is 1. The molecule has 0 radical (unpaired) electrons. The Morgan fingerprint density at radius 3 is 2.41 bits per heavy atom. The van der Waals surface area contributed by atoms with E-state index in [1.165, 1.54) is 0 Å². The van der Waals surface area contributed by atoms with Gasteiger partial charge in [0.2, 0.25) is 11.8 Å². The fourth-order valence-corrected chi connectivity index (χ4v) is 3.83. The van der Waals surface area contributed by atoms with Crippen molar-refractivity contribution in [1.29, 1.82) is 0 Å². The van der Waals surface area contributed by atoms with Crippen LogP contribution in [0, 0.1) is 13.8 Å². The van der Waals surface area contributed by atoms with E-state index >= 15 is 0 Å². The van der Waals surface area contributed by atoms with Gasteiger partial charge in [-0.25, -0.2) is 0 Å². The number of aromatic nitrogens is 2. The summed E-state index contributed by atoms with van der Waals surface area (Å²) in [6.45, 7) is 8.25. The van der Waals surface area contributed by atoms with Crippen molar-refractivity contribution in [2.75, 3.05) is 31.5 Å². The van der Waals surface area contributed by atoms with Gasteiger partial charge in [0.05, 0.1) is 29.5 Å². The smallest absolute Gasteiger partial charge is 0.241 e. The van der Waals surface area contributed by atoms with Crippen LogP contribution in [0.5, 0.6) is 0 Å². The molecule has 156 valence electrons. The Morgan fingerprint density at radius 1 is 1.17 bits per heavy atom. The summed E-state index contributed by atoms with van der Waals surface area (Å²) < 4.78 is 1.76. The molecule has 2 aromatic rings. The van der Waals surface area contributed by atoms with Gasteiger partial charge in [0.25, 0.3) is 0 Å². The summed E-state index contributed by atoms with van der Waals surface area (Å²) in [5.41, 5.74) is 3.35. The maximum atomic E-state index is 12.7. The molecule has 0 saturated carbocycles. The fourth-order valence-electron chi connectivity index (χ4n) is 3.62. The monoisotopic (exact) mass is 417 g/mol. The first kappa shape index (κ1) is 21.3. The second-order valence-corrected chi connectivity index (χ2v) is 7.93. The van der Waals surface area contributed by atoms with Gasteiger partial charge in [-0.3, -0.25) is 19.2 Å². The summed E-state index contributed by atoms with van der Waals surface area (Å²) in [5, 5.41) is 7.97. The number of hydrogen-bond donors (Lipinski definition) is 1. The minimum absolute atomic E-state index is 0.0555. The van der Waals surface area contributed by atoms with Crippen LogP contribution in [0.25, 0.3) is 0 Å². The number of aryl methyl sites for hydroxylation is 2. The van der Waals surface area contributed by atoms with Crippen LogP contribution in [0.2, 0.25) is 5.02 Å². The van der Waals surface area contributed by atoms with E-state index in [2.05, 4.69) is 15.3 Å². The predicted octanol–water partition coefficient (Wildman–Crippen LogP) is 2.40. The van der Waals surface area contributed by atoms with Crippen molar-refractivity contribution in [2.45, 2.75) is 33.2 Å². The van der Waals surface area contributed by atoms with E-state index in [0.717, 1.165) is 22.6 Å². The van der Waals surface area contributed by atoms with Crippen molar-refractivity contribution in [1.82, 2.24) is 19.6 Å². The van der Waals surface area contributed by atoms with Crippen molar-refractivity contribution < 1.29 is 9.59 Å². The Hall–Kier alpha value is -2.38. The molecule has 7 nitrogen and oxygen atoms in total. The number of hydrogen-bond acceptors (Lipinski definition) is 4. The third-order valence-corrected chi connectivity index (χ3v) is 6.02. The maximum Gasteiger partial charge on any atom is 0.241 e. The number of anilines is 1. The van der Waals surface area contributed by atoms with Gasteiger partial charge >= 0.3 is 0 Å². The first-order valence-corrected chi connectivity index (χ1v) is 10.2. The molecule has 1 aliphatic heterocycles. The van der Waals surface area contributed by atoms with E-state index in [1.54, 1.807) is 10.7 Å². The van der Waals surface area contributed by atoms with E-state index in [4.69, 9.17) is 11.6 Å². The molecule has 1 saturated heterocycles. The topological polar surface area (TPSA) is 70.5 Å². The van der Waals surface area contributed by atoms with Gasteiger partial charge in [-0.15, -0.1) is 0 Å². The van der Waals surface area contributed by atoms with Crippen LogP contribution in [0.1, 0.15) is 23.9 Å². The van der Waals surface area contributed by atoms with Crippen LogP contribution in [0.3, 0.4) is 0 Å². The van der Waals surface area contributed by atoms with Crippen molar-refractivity contribution >= 4 is 29.1 Å². The molecule has 1 aromatic carbocycles. The quantitative estimate of drug-likeness (QED) is 0.811. The van der Waals surface area contributed by atoms with Crippen molar-refractivity contribution in [3.63, 3.8) is 0 Å². The van der Waals surface area contributed by atoms with Crippen LogP contribution < -0.4 is 5.32 Å². The van der Waals surface area contributed by atoms with Crippen LogP contribution in [-0.4, -0.2) is 63.6 Å². The predicted molar refractivity (Wildman–Crippen MR) is 114 cm³/mol. The molecule has 3 rings (SSSR count). The molecule has 0 aliphatic carbocycles. The summed E-state index contributed by atoms with van der Waals surface area (Å²) in [4.78, 5) is 29.3. The molecule has 1 N–H and O–H groups in total. The minimum Gasteiger partial charge on any atom is -0.340 e. The molecule has 2 amide bonds. The molecule has 0 spiro atoms. The van der Waals surface area contributed by atoms with E-state index in [-0.39, 0.29) is 17.9 Å². The fraction of sp³-hybridized carbons (Fsp3) is 0.476. The third kappa shape index (κ3) is 4.79. The Balaban J connectivity index is 1.53. The highest BCUT2D eigenvalue weighted by atomic mass is 35.5. The van der Waals surface area contributed by atoms with Gasteiger partial charge in [-0.2, -0.15) is 5.10 Å². The van der Waals surface area contributed by atoms with E-state index in [9.17, 15) is 9.59 Å². The van der Waals surface area contributed by atoms with Crippen molar-refractivity contribution in [2.24, 2.45) is 7.05 Å². The number of amides is 2. The number of nitrogens with zero attached hydrogens (tertiary/aromatic N) is 4. The zero-order valence-electron chi connectivity index (χ0n) is 17.4. The average Bonchev–Trinajstić information content (AvgIpc) is 2.95. The Labute approximate surface area is 176 Å². The van der Waals surface area contributed by atoms with Gasteiger partial charge in [-0.1, -0.05) is 29.8 Å². The first-order chi connectivity index (χ1) is 13.8. The second kappa shape index (κ2) is 8.97. The number of nitrogens with one attached hydrogen (secondary N) is 1. The molecule has 0 bridgehead atoms. The average molecular weight is 418 g/mol. The standard InChI is InChI=1S/C21H28ClN5O2/c1-14-20(15(2)25(4)24-14)23-21(29)16(3)26-9-11-27(12-10-26)19(28)13-17-7-5-6-8-18(17)22/h5-8,16H,9-13H2,1-4H3,(H,23,29). The minimum atomic E-state index is -0.283. The number of carbonyl (C=O) groups is 2. The highest BCUT2D eigenvalue weighted by Crippen LogP contribution is 2.20. The summed E-state index contributed by atoms with van der Waals surface area (Å²) in [6.07, 6.45) is 0.301. The molecule has 1 aliphatic rings. The summed E-state index contributed by atoms with van der Waals surface area (Å²) >= 11 is 6.17. The normalized spacial score (nSPS) is 16.0. The van der Waals surface area contributed by atoms with Crippen LogP contribution >= 0.6 is 11.6 Å². The van der Waals surface area contributed by atoms with E-state index in [1.807, 2.05) is 50.9 Å². The summed E-state index contributed by atoms with van der Waals surface area (Å²) in [7, 11) is 1.86. The molecular formula is C21H28ClN5O2. The molecule has 29 heavy (non-hydrogen) atoms. The lowest BCUT2D eigenvalue weighted by atomic mass is 10.1. The molecule has 1 aromatic heterocycles. The molecule has 1 unspecified atom stereocenters. The zero-order chi connectivity index (χ0) is 21.1. The van der Waals surface area contributed by atoms with Gasteiger partial charge in [0, 0.05) is 38.2 Å². The highest BCUT2D eigenvalue weighted by molar-refractivity contribution is 6.31. The van der Waals surface area contributed by atoms with E-state index in [0.29, 0.717) is 37.6 Å². The van der Waals surface area contributed by atoms with Crippen molar-refractivity contribution in [3.05, 3.63) is 46.2 Å². The highest BCUT2D eigenvalue weighted by Gasteiger charge is 2.28. The number of rotatable bonds is 5. The molecular weight excluding hydrogens is 390 g/mol. The van der Waals surface area contributed by atoms with Crippen LogP contribution in [0.15, 0.2) is 24.3 Å². The molecule has 2 heterocycles. The number of piperazine rings is 1. The third-order valence-electron chi connectivity index (χ3n) is 5.65. The lowest BCUT2D eigenvalue weighted by Crippen LogP contribution is -2.54. The van der Waals surface area contributed by atoms with Crippen LogP contribution in [0.4, 0.5) is 5.69 Å². The van der Waals surface area contributed by atoms with Gasteiger partial charge in [0.1, 0.15) is 0 Å². The zero-order valence-corrected chi connectivity index (χ0v) is 18.2. The maximum absolute atomic E-state index is 12.7. The molecule has 8 heteroatoms. The second-order valence-electron chi connectivity index (χ2n) is 7.52. The number of carbonyl (C=O) groups excluding carboxylic acids is 2. The Kier molecular flexibility index (Phi) is 6.59. The molecule has 1 atom stereocenters. The number of benzene rings is 1. The Bertz CT molecular complexity index is 902. The summed E-state index contributed by atoms with van der Waals surface area (Å²) in [5.74, 6) is 0.0107.